The number of carbonyl (C=O) groups excluding carboxylic acids is 2. The number of nitrogens with zero attached hydrogens (tertiary/aromatic N) is 2. The molecule has 6 nitrogen and oxygen atoms in total. The number of hydrogen-bond donors (Lipinski definition) is 2. The van der Waals surface area contributed by atoms with Gasteiger partial charge < -0.3 is 15.2 Å². The molecule has 0 aliphatic rings. The van der Waals surface area contributed by atoms with Crippen LogP contribution in [-0.4, -0.2) is 21.4 Å². The molecule has 0 aliphatic carbocycles. The first-order valence-corrected chi connectivity index (χ1v) is 8.49. The van der Waals surface area contributed by atoms with Gasteiger partial charge in [0.15, 0.2) is 0 Å². The lowest BCUT2D eigenvalue weighted by atomic mass is 10.3. The minimum absolute atomic E-state index is 0.0874. The van der Waals surface area contributed by atoms with Crippen LogP contribution in [0.15, 0.2) is 41.8 Å². The summed E-state index contributed by atoms with van der Waals surface area (Å²) in [6.45, 7) is 2.44. The fourth-order valence-corrected chi connectivity index (χ4v) is 3.08. The summed E-state index contributed by atoms with van der Waals surface area (Å²) in [7, 11) is 0. The van der Waals surface area contributed by atoms with Gasteiger partial charge in [-0.05, 0) is 23.6 Å². The Morgan fingerprint density at radius 2 is 1.96 bits per heavy atom. The first-order valence-electron chi connectivity index (χ1n) is 7.61. The molecule has 0 aliphatic heterocycles. The molecule has 0 atom stereocenters. The molecule has 24 heavy (non-hydrogen) atoms. The Morgan fingerprint density at radius 3 is 2.71 bits per heavy atom. The normalized spacial score (nSPS) is 10.7. The number of hydrogen-bond acceptors (Lipinski definition) is 4. The summed E-state index contributed by atoms with van der Waals surface area (Å²) in [4.78, 5) is 29.1. The van der Waals surface area contributed by atoms with E-state index in [2.05, 4.69) is 15.6 Å². The van der Waals surface area contributed by atoms with E-state index in [-0.39, 0.29) is 18.4 Å². The van der Waals surface area contributed by atoms with Gasteiger partial charge in [0.25, 0.3) is 0 Å². The van der Waals surface area contributed by atoms with Gasteiger partial charge >= 0.3 is 0 Å². The molecule has 0 radical (unpaired) electrons. The van der Waals surface area contributed by atoms with Crippen LogP contribution in [0, 0.1) is 0 Å². The fourth-order valence-electron chi connectivity index (χ4n) is 2.44. The molecule has 2 aromatic heterocycles. The molecule has 0 unspecified atom stereocenters. The summed E-state index contributed by atoms with van der Waals surface area (Å²) < 4.78 is 1.84. The second-order valence-electron chi connectivity index (χ2n) is 5.37. The maximum Gasteiger partial charge on any atom is 0.240 e. The molecule has 2 N–H and O–H groups in total. The lowest BCUT2D eigenvalue weighted by Crippen LogP contribution is -2.29. The van der Waals surface area contributed by atoms with Gasteiger partial charge in [-0.15, -0.1) is 11.3 Å². The van der Waals surface area contributed by atoms with E-state index in [4.69, 9.17) is 0 Å². The summed E-state index contributed by atoms with van der Waals surface area (Å²) in [5, 5.41) is 7.64. The van der Waals surface area contributed by atoms with Crippen LogP contribution in [-0.2, 0) is 29.2 Å². The predicted molar refractivity (Wildman–Crippen MR) is 93.4 cm³/mol. The van der Waals surface area contributed by atoms with Crippen LogP contribution >= 0.6 is 11.3 Å². The highest BCUT2D eigenvalue weighted by atomic mass is 32.1. The maximum atomic E-state index is 12.3. The number of rotatable bonds is 6. The topological polar surface area (TPSA) is 76.0 Å². The minimum atomic E-state index is -0.129. The number of imidazole rings is 1. The van der Waals surface area contributed by atoms with Crippen molar-refractivity contribution in [2.75, 3.05) is 0 Å². The Bertz CT molecular complexity index is 855. The standard InChI is InChI=1S/C17H18N4O2S/c1-12(22)18-10-16-20-14-6-2-3-7-15(14)21(16)11-17(23)19-9-13-5-4-8-24-13/h2-8H,9-11H2,1H3,(H,18,22)(H,19,23). The Hall–Kier alpha value is -2.67. The third kappa shape index (κ3) is 3.80. The van der Waals surface area contributed by atoms with E-state index in [9.17, 15) is 9.59 Å². The molecule has 2 heterocycles. The molecule has 0 fully saturated rings. The van der Waals surface area contributed by atoms with Crippen LogP contribution in [0.5, 0.6) is 0 Å². The van der Waals surface area contributed by atoms with E-state index in [1.165, 1.54) is 6.92 Å². The van der Waals surface area contributed by atoms with Crippen LogP contribution < -0.4 is 10.6 Å². The zero-order valence-corrected chi connectivity index (χ0v) is 14.1. The van der Waals surface area contributed by atoms with Crippen molar-refractivity contribution in [2.24, 2.45) is 0 Å². The number of thiophene rings is 1. The Kier molecular flexibility index (Phi) is 4.90. The lowest BCUT2D eigenvalue weighted by Gasteiger charge is -2.10. The molecule has 0 spiro atoms. The zero-order chi connectivity index (χ0) is 16.9. The van der Waals surface area contributed by atoms with Crippen molar-refractivity contribution in [1.82, 2.24) is 20.2 Å². The second kappa shape index (κ2) is 7.27. The molecule has 0 saturated heterocycles. The van der Waals surface area contributed by atoms with Gasteiger partial charge in [0.05, 0.1) is 24.1 Å². The Balaban J connectivity index is 1.77. The van der Waals surface area contributed by atoms with E-state index >= 15 is 0 Å². The molecule has 3 rings (SSSR count). The molecule has 0 saturated carbocycles. The highest BCUT2D eigenvalue weighted by Crippen LogP contribution is 2.16. The largest absolute Gasteiger partial charge is 0.350 e. The van der Waals surface area contributed by atoms with Gasteiger partial charge in [-0.3, -0.25) is 9.59 Å². The number of para-hydroxylation sites is 2. The van der Waals surface area contributed by atoms with Crippen molar-refractivity contribution in [3.8, 4) is 0 Å². The SMILES string of the molecule is CC(=O)NCc1nc2ccccc2n1CC(=O)NCc1cccs1. The van der Waals surface area contributed by atoms with Crippen molar-refractivity contribution in [2.45, 2.75) is 26.6 Å². The molecule has 124 valence electrons. The summed E-state index contributed by atoms with van der Waals surface area (Å²) in [6.07, 6.45) is 0. The van der Waals surface area contributed by atoms with Crippen LogP contribution in [0.3, 0.4) is 0 Å². The number of nitrogens with one attached hydrogen (secondary N) is 2. The smallest absolute Gasteiger partial charge is 0.240 e. The molecular formula is C17H18N4O2S. The van der Waals surface area contributed by atoms with Crippen molar-refractivity contribution in [3.63, 3.8) is 0 Å². The van der Waals surface area contributed by atoms with Crippen LogP contribution in [0.4, 0.5) is 0 Å². The number of fused-ring (bicyclic) bond motifs is 1. The maximum absolute atomic E-state index is 12.3. The molecular weight excluding hydrogens is 324 g/mol. The highest BCUT2D eigenvalue weighted by Gasteiger charge is 2.13. The van der Waals surface area contributed by atoms with Crippen molar-refractivity contribution >= 4 is 34.2 Å². The predicted octanol–water partition coefficient (Wildman–Crippen LogP) is 2.05. The fraction of sp³-hybridized carbons (Fsp3) is 0.235. The summed E-state index contributed by atoms with van der Waals surface area (Å²) in [5.41, 5.74) is 1.69. The molecule has 2 amide bonds. The first-order chi connectivity index (χ1) is 11.6. The van der Waals surface area contributed by atoms with Gasteiger partial charge in [0.1, 0.15) is 12.4 Å². The zero-order valence-electron chi connectivity index (χ0n) is 13.3. The molecule has 1 aromatic carbocycles. The van der Waals surface area contributed by atoms with Crippen LogP contribution in [0.1, 0.15) is 17.6 Å². The van der Waals surface area contributed by atoms with Crippen LogP contribution in [0.25, 0.3) is 11.0 Å². The lowest BCUT2D eigenvalue weighted by molar-refractivity contribution is -0.121. The van der Waals surface area contributed by atoms with E-state index in [1.54, 1.807) is 11.3 Å². The number of aromatic nitrogens is 2. The number of carbonyl (C=O) groups is 2. The van der Waals surface area contributed by atoms with E-state index in [0.717, 1.165) is 15.9 Å². The third-order valence-electron chi connectivity index (χ3n) is 3.57. The Morgan fingerprint density at radius 1 is 1.12 bits per heavy atom. The summed E-state index contributed by atoms with van der Waals surface area (Å²) in [6, 6.07) is 11.6. The third-order valence-corrected chi connectivity index (χ3v) is 4.45. The van der Waals surface area contributed by atoms with Gasteiger partial charge in [-0.1, -0.05) is 18.2 Å². The highest BCUT2D eigenvalue weighted by molar-refractivity contribution is 7.09. The monoisotopic (exact) mass is 342 g/mol. The van der Waals surface area contributed by atoms with Crippen LogP contribution in [0.2, 0.25) is 0 Å². The van der Waals surface area contributed by atoms with Crippen molar-refractivity contribution in [3.05, 3.63) is 52.5 Å². The van der Waals surface area contributed by atoms with Crippen molar-refractivity contribution in [1.29, 1.82) is 0 Å². The van der Waals surface area contributed by atoms with Gasteiger partial charge in [0, 0.05) is 11.8 Å². The number of benzene rings is 1. The second-order valence-corrected chi connectivity index (χ2v) is 6.40. The van der Waals surface area contributed by atoms with E-state index in [0.29, 0.717) is 18.9 Å². The van der Waals surface area contributed by atoms with E-state index in [1.807, 2.05) is 46.3 Å². The Labute approximate surface area is 143 Å². The average molecular weight is 342 g/mol. The molecule has 7 heteroatoms. The summed E-state index contributed by atoms with van der Waals surface area (Å²) >= 11 is 1.61. The van der Waals surface area contributed by atoms with E-state index < -0.39 is 0 Å². The van der Waals surface area contributed by atoms with Gasteiger partial charge in [-0.2, -0.15) is 0 Å². The average Bonchev–Trinajstić information content (AvgIpc) is 3.19. The van der Waals surface area contributed by atoms with Crippen molar-refractivity contribution < 1.29 is 9.59 Å². The quantitative estimate of drug-likeness (QED) is 0.720. The first kappa shape index (κ1) is 16.2. The minimum Gasteiger partial charge on any atom is -0.350 e. The van der Waals surface area contributed by atoms with Gasteiger partial charge in [-0.25, -0.2) is 4.98 Å². The molecule has 0 bridgehead atoms. The summed E-state index contributed by atoms with van der Waals surface area (Å²) in [5.74, 6) is 0.448. The number of amides is 2. The molecule has 3 aromatic rings. The van der Waals surface area contributed by atoms with Gasteiger partial charge in [0.2, 0.25) is 11.8 Å².